The lowest BCUT2D eigenvalue weighted by Crippen LogP contribution is -2.07. The van der Waals surface area contributed by atoms with Gasteiger partial charge in [-0.1, -0.05) is 6.07 Å². The second-order valence-corrected chi connectivity index (χ2v) is 6.70. The van der Waals surface area contributed by atoms with E-state index in [9.17, 15) is 4.79 Å². The Morgan fingerprint density at radius 3 is 3.05 bits per heavy atom. The van der Waals surface area contributed by atoms with Crippen LogP contribution >= 0.6 is 22.7 Å². The summed E-state index contributed by atoms with van der Waals surface area (Å²) in [6.45, 7) is 0.670. The molecule has 0 fully saturated rings. The third-order valence-corrected chi connectivity index (χ3v) is 5.30. The number of anilines is 1. The van der Waals surface area contributed by atoms with E-state index in [1.807, 2.05) is 17.5 Å². The molecule has 2 aromatic rings. The molecule has 5 heteroatoms. The average molecular weight is 292 g/mol. The lowest BCUT2D eigenvalue weighted by molar-refractivity contribution is 0.0990. The molecule has 0 aliphatic heterocycles. The standard InChI is InChI=1S/C14H16N2OS2/c17-11(13-6-3-9-18-13)7-8-15-14-16-10-4-1-2-5-12(10)19-14/h3,6,9H,1-2,4-5,7-8H2,(H,15,16). The summed E-state index contributed by atoms with van der Waals surface area (Å²) in [5.41, 5.74) is 1.27. The van der Waals surface area contributed by atoms with E-state index in [4.69, 9.17) is 0 Å². The summed E-state index contributed by atoms with van der Waals surface area (Å²) < 4.78 is 0. The Morgan fingerprint density at radius 1 is 1.37 bits per heavy atom. The van der Waals surface area contributed by atoms with Crippen LogP contribution in [0.3, 0.4) is 0 Å². The first-order chi connectivity index (χ1) is 9.33. The van der Waals surface area contributed by atoms with Gasteiger partial charge in [-0.3, -0.25) is 4.79 Å². The maximum absolute atomic E-state index is 11.8. The van der Waals surface area contributed by atoms with Crippen LogP contribution in [0.1, 0.15) is 39.5 Å². The second kappa shape index (κ2) is 5.84. The van der Waals surface area contributed by atoms with E-state index in [1.165, 1.54) is 41.2 Å². The van der Waals surface area contributed by atoms with E-state index in [2.05, 4.69) is 10.3 Å². The molecule has 0 spiro atoms. The van der Waals surface area contributed by atoms with Crippen molar-refractivity contribution >= 4 is 33.6 Å². The molecule has 0 aromatic carbocycles. The number of nitrogens with one attached hydrogen (secondary N) is 1. The van der Waals surface area contributed by atoms with Gasteiger partial charge in [0.2, 0.25) is 0 Å². The number of carbonyl (C=O) groups excluding carboxylic acids is 1. The molecule has 2 heterocycles. The summed E-state index contributed by atoms with van der Waals surface area (Å²) >= 11 is 3.26. The predicted molar refractivity (Wildman–Crippen MR) is 80.5 cm³/mol. The fraction of sp³-hybridized carbons (Fsp3) is 0.429. The van der Waals surface area contributed by atoms with Gasteiger partial charge >= 0.3 is 0 Å². The molecule has 19 heavy (non-hydrogen) atoms. The fourth-order valence-corrected chi connectivity index (χ4v) is 4.04. The van der Waals surface area contributed by atoms with Crippen molar-refractivity contribution in [3.05, 3.63) is 33.0 Å². The first-order valence-corrected chi connectivity index (χ1v) is 8.32. The molecule has 100 valence electrons. The topological polar surface area (TPSA) is 42.0 Å². The number of carbonyl (C=O) groups is 1. The first kappa shape index (κ1) is 12.8. The summed E-state index contributed by atoms with van der Waals surface area (Å²) in [4.78, 5) is 18.7. The van der Waals surface area contributed by atoms with Gasteiger partial charge in [-0.15, -0.1) is 22.7 Å². The van der Waals surface area contributed by atoms with E-state index >= 15 is 0 Å². The number of fused-ring (bicyclic) bond motifs is 1. The fourth-order valence-electron chi connectivity index (χ4n) is 2.27. The van der Waals surface area contributed by atoms with Gasteiger partial charge in [-0.05, 0) is 37.1 Å². The number of hydrogen-bond acceptors (Lipinski definition) is 5. The monoisotopic (exact) mass is 292 g/mol. The number of aromatic nitrogens is 1. The van der Waals surface area contributed by atoms with E-state index < -0.39 is 0 Å². The Kier molecular flexibility index (Phi) is 3.94. The molecule has 3 nitrogen and oxygen atoms in total. The van der Waals surface area contributed by atoms with E-state index in [-0.39, 0.29) is 5.78 Å². The SMILES string of the molecule is O=C(CCNc1nc2c(s1)CCCC2)c1cccs1. The molecule has 0 radical (unpaired) electrons. The highest BCUT2D eigenvalue weighted by Crippen LogP contribution is 2.29. The van der Waals surface area contributed by atoms with Gasteiger partial charge in [0.05, 0.1) is 10.6 Å². The third kappa shape index (κ3) is 3.04. The van der Waals surface area contributed by atoms with Crippen LogP contribution < -0.4 is 5.32 Å². The molecule has 3 rings (SSSR count). The van der Waals surface area contributed by atoms with Crippen LogP contribution in [0.4, 0.5) is 5.13 Å². The number of thiazole rings is 1. The van der Waals surface area contributed by atoms with Crippen molar-refractivity contribution < 1.29 is 4.79 Å². The number of rotatable bonds is 5. The van der Waals surface area contributed by atoms with Crippen LogP contribution in [0.25, 0.3) is 0 Å². The minimum atomic E-state index is 0.212. The first-order valence-electron chi connectivity index (χ1n) is 6.62. The van der Waals surface area contributed by atoms with Gasteiger partial charge in [0.25, 0.3) is 0 Å². The van der Waals surface area contributed by atoms with Gasteiger partial charge in [-0.2, -0.15) is 0 Å². The van der Waals surface area contributed by atoms with E-state index in [1.54, 1.807) is 11.3 Å². The van der Waals surface area contributed by atoms with Gasteiger partial charge in [0.1, 0.15) is 0 Å². The van der Waals surface area contributed by atoms with Crippen LogP contribution in [0, 0.1) is 0 Å². The van der Waals surface area contributed by atoms with Crippen LogP contribution in [-0.2, 0) is 12.8 Å². The number of thiophene rings is 1. The minimum absolute atomic E-state index is 0.212. The number of hydrogen-bond donors (Lipinski definition) is 1. The smallest absolute Gasteiger partial charge is 0.183 e. The summed E-state index contributed by atoms with van der Waals surface area (Å²) in [5, 5.41) is 6.20. The molecule has 0 amide bonds. The molecule has 0 atom stereocenters. The molecule has 0 saturated heterocycles. The molecule has 0 unspecified atom stereocenters. The van der Waals surface area contributed by atoms with Gasteiger partial charge in [-0.25, -0.2) is 4.98 Å². The Morgan fingerprint density at radius 2 is 2.26 bits per heavy atom. The highest BCUT2D eigenvalue weighted by Gasteiger charge is 2.15. The maximum atomic E-state index is 11.8. The zero-order chi connectivity index (χ0) is 13.1. The van der Waals surface area contributed by atoms with Gasteiger partial charge in [0, 0.05) is 17.8 Å². The molecule has 1 aliphatic rings. The number of aryl methyl sites for hydroxylation is 2. The van der Waals surface area contributed by atoms with Crippen LogP contribution in [-0.4, -0.2) is 17.3 Å². The van der Waals surface area contributed by atoms with Crippen molar-refractivity contribution in [2.24, 2.45) is 0 Å². The normalized spacial score (nSPS) is 14.1. The molecule has 1 N–H and O–H groups in total. The van der Waals surface area contributed by atoms with E-state index in [0.717, 1.165) is 16.4 Å². The van der Waals surface area contributed by atoms with Gasteiger partial charge < -0.3 is 5.32 Å². The predicted octanol–water partition coefficient (Wildman–Crippen LogP) is 3.77. The quantitative estimate of drug-likeness (QED) is 0.853. The van der Waals surface area contributed by atoms with Crippen LogP contribution in [0.2, 0.25) is 0 Å². The lowest BCUT2D eigenvalue weighted by Gasteiger charge is -2.06. The number of ketones is 1. The number of nitrogens with zero attached hydrogens (tertiary/aromatic N) is 1. The minimum Gasteiger partial charge on any atom is -0.361 e. The molecule has 0 bridgehead atoms. The largest absolute Gasteiger partial charge is 0.361 e. The van der Waals surface area contributed by atoms with Crippen LogP contribution in [0.15, 0.2) is 17.5 Å². The van der Waals surface area contributed by atoms with Crippen molar-refractivity contribution in [2.45, 2.75) is 32.1 Å². The Hall–Kier alpha value is -1.20. The average Bonchev–Trinajstić information content (AvgIpc) is 3.07. The van der Waals surface area contributed by atoms with Crippen molar-refractivity contribution in [1.82, 2.24) is 4.98 Å². The van der Waals surface area contributed by atoms with Crippen molar-refractivity contribution in [2.75, 3.05) is 11.9 Å². The molecule has 2 aromatic heterocycles. The Balaban J connectivity index is 1.52. The lowest BCUT2D eigenvalue weighted by atomic mass is 10.0. The molecular weight excluding hydrogens is 276 g/mol. The summed E-state index contributed by atoms with van der Waals surface area (Å²) in [6, 6.07) is 3.80. The summed E-state index contributed by atoms with van der Waals surface area (Å²) in [7, 11) is 0. The summed E-state index contributed by atoms with van der Waals surface area (Å²) in [5.74, 6) is 0.212. The Bertz CT molecular complexity index is 537. The zero-order valence-corrected chi connectivity index (χ0v) is 12.3. The van der Waals surface area contributed by atoms with E-state index in [0.29, 0.717) is 13.0 Å². The van der Waals surface area contributed by atoms with Crippen LogP contribution in [0.5, 0.6) is 0 Å². The van der Waals surface area contributed by atoms with Crippen molar-refractivity contribution in [3.8, 4) is 0 Å². The third-order valence-electron chi connectivity index (χ3n) is 3.27. The Labute approximate surface area is 120 Å². The molecule has 1 aliphatic carbocycles. The highest BCUT2D eigenvalue weighted by molar-refractivity contribution is 7.15. The molecular formula is C14H16N2OS2. The van der Waals surface area contributed by atoms with Crippen molar-refractivity contribution in [3.63, 3.8) is 0 Å². The van der Waals surface area contributed by atoms with Gasteiger partial charge in [0.15, 0.2) is 10.9 Å². The summed E-state index contributed by atoms with van der Waals surface area (Å²) in [6.07, 6.45) is 5.35. The van der Waals surface area contributed by atoms with Crippen molar-refractivity contribution in [1.29, 1.82) is 0 Å². The maximum Gasteiger partial charge on any atom is 0.183 e. The zero-order valence-electron chi connectivity index (χ0n) is 10.6. The second-order valence-electron chi connectivity index (χ2n) is 4.67. The number of Topliss-reactive ketones (excluding diaryl/α,β-unsaturated/α-hetero) is 1. The highest BCUT2D eigenvalue weighted by atomic mass is 32.1. The molecule has 0 saturated carbocycles.